The Morgan fingerprint density at radius 3 is 3.08 bits per heavy atom. The molecule has 1 aromatic heterocycles. The molecule has 1 aliphatic heterocycles. The van der Waals surface area contributed by atoms with Gasteiger partial charge in [0.2, 0.25) is 5.95 Å². The third kappa shape index (κ3) is 1.51. The number of fused-ring (bicyclic) bond motifs is 1. The number of rotatable bonds is 1. The van der Waals surface area contributed by atoms with Gasteiger partial charge in [0, 0.05) is 11.3 Å². The number of nitrogens with zero attached hydrogens (tertiary/aromatic N) is 2. The summed E-state index contributed by atoms with van der Waals surface area (Å²) in [5.74, 6) is 2.07. The van der Waals surface area contributed by atoms with Crippen LogP contribution in [0.2, 0.25) is 0 Å². The number of thioether (sulfide) groups is 1. The molecule has 68 valence electrons. The molecule has 1 aromatic rings. The van der Waals surface area contributed by atoms with Crippen molar-refractivity contribution in [2.24, 2.45) is 0 Å². The molecule has 5 heteroatoms. The SMILES string of the molecule is Nc1nc(C=O)c2c(n1)CCSC2. The second kappa shape index (κ2) is 3.33. The Morgan fingerprint density at radius 1 is 1.46 bits per heavy atom. The van der Waals surface area contributed by atoms with E-state index in [1.807, 2.05) is 0 Å². The van der Waals surface area contributed by atoms with Crippen LogP contribution >= 0.6 is 11.8 Å². The molecule has 0 fully saturated rings. The Bertz CT molecular complexity index is 353. The molecule has 4 nitrogen and oxygen atoms in total. The zero-order valence-electron chi connectivity index (χ0n) is 6.99. The van der Waals surface area contributed by atoms with Crippen LogP contribution < -0.4 is 5.73 Å². The van der Waals surface area contributed by atoms with Crippen molar-refractivity contribution in [1.82, 2.24) is 9.97 Å². The van der Waals surface area contributed by atoms with Gasteiger partial charge < -0.3 is 5.73 Å². The third-order valence-electron chi connectivity index (χ3n) is 1.98. The van der Waals surface area contributed by atoms with Gasteiger partial charge in [-0.1, -0.05) is 0 Å². The quantitative estimate of drug-likeness (QED) is 0.667. The normalized spacial score (nSPS) is 15.1. The van der Waals surface area contributed by atoms with Crippen LogP contribution in [0.5, 0.6) is 0 Å². The number of aryl methyl sites for hydroxylation is 1. The van der Waals surface area contributed by atoms with Crippen LogP contribution in [-0.4, -0.2) is 22.0 Å². The van der Waals surface area contributed by atoms with Crippen molar-refractivity contribution in [3.8, 4) is 0 Å². The number of carbonyl (C=O) groups is 1. The lowest BCUT2D eigenvalue weighted by Gasteiger charge is -2.15. The standard InChI is InChI=1S/C8H9N3OS/c9-8-10-6-1-2-13-4-5(6)7(3-12)11-8/h3H,1-2,4H2,(H2,9,10,11). The van der Waals surface area contributed by atoms with Crippen LogP contribution in [0.4, 0.5) is 5.95 Å². The maximum absolute atomic E-state index is 10.7. The topological polar surface area (TPSA) is 68.9 Å². The molecule has 2 rings (SSSR count). The van der Waals surface area contributed by atoms with E-state index in [4.69, 9.17) is 5.73 Å². The third-order valence-corrected chi connectivity index (χ3v) is 2.97. The number of carbonyl (C=O) groups excluding carboxylic acids is 1. The largest absolute Gasteiger partial charge is 0.368 e. The van der Waals surface area contributed by atoms with Crippen molar-refractivity contribution in [3.05, 3.63) is 17.0 Å². The second-order valence-electron chi connectivity index (χ2n) is 2.81. The summed E-state index contributed by atoms with van der Waals surface area (Å²) in [7, 11) is 0. The molecule has 0 saturated heterocycles. The molecule has 1 aliphatic rings. The Morgan fingerprint density at radius 2 is 2.31 bits per heavy atom. The lowest BCUT2D eigenvalue weighted by molar-refractivity contribution is 0.111. The molecule has 0 saturated carbocycles. The fraction of sp³-hybridized carbons (Fsp3) is 0.375. The minimum Gasteiger partial charge on any atom is -0.368 e. The van der Waals surface area contributed by atoms with Crippen LogP contribution in [0, 0.1) is 0 Å². The van der Waals surface area contributed by atoms with E-state index in [-0.39, 0.29) is 5.95 Å². The summed E-state index contributed by atoms with van der Waals surface area (Å²) < 4.78 is 0. The van der Waals surface area contributed by atoms with Crippen molar-refractivity contribution in [3.63, 3.8) is 0 Å². The minimum atomic E-state index is 0.202. The number of hydrogen-bond donors (Lipinski definition) is 1. The van der Waals surface area contributed by atoms with E-state index in [1.165, 1.54) is 0 Å². The Balaban J connectivity index is 2.56. The highest BCUT2D eigenvalue weighted by Gasteiger charge is 2.16. The summed E-state index contributed by atoms with van der Waals surface area (Å²) in [5, 5.41) is 0. The Labute approximate surface area is 79.9 Å². The lowest BCUT2D eigenvalue weighted by Crippen LogP contribution is -2.12. The maximum Gasteiger partial charge on any atom is 0.220 e. The van der Waals surface area contributed by atoms with Crippen molar-refractivity contribution >= 4 is 24.0 Å². The Hall–Kier alpha value is -1.10. The van der Waals surface area contributed by atoms with Gasteiger partial charge in [-0.15, -0.1) is 0 Å². The van der Waals surface area contributed by atoms with Gasteiger partial charge in [0.05, 0.1) is 5.69 Å². The van der Waals surface area contributed by atoms with Crippen LogP contribution in [0.15, 0.2) is 0 Å². The first-order valence-corrected chi connectivity index (χ1v) is 5.15. The molecule has 0 spiro atoms. The molecule has 0 bridgehead atoms. The molecule has 2 N–H and O–H groups in total. The fourth-order valence-electron chi connectivity index (χ4n) is 1.37. The van der Waals surface area contributed by atoms with E-state index in [9.17, 15) is 4.79 Å². The van der Waals surface area contributed by atoms with E-state index in [0.717, 1.165) is 35.5 Å². The first kappa shape index (κ1) is 8.50. The van der Waals surface area contributed by atoms with E-state index < -0.39 is 0 Å². The molecular formula is C8H9N3OS. The first-order chi connectivity index (χ1) is 6.31. The van der Waals surface area contributed by atoms with Crippen molar-refractivity contribution < 1.29 is 4.79 Å². The smallest absolute Gasteiger partial charge is 0.220 e. The number of anilines is 1. The number of aromatic nitrogens is 2. The summed E-state index contributed by atoms with van der Waals surface area (Å²) in [5.41, 5.74) is 7.82. The first-order valence-electron chi connectivity index (χ1n) is 3.99. The fourth-order valence-corrected chi connectivity index (χ4v) is 2.37. The minimum absolute atomic E-state index is 0.202. The molecule has 13 heavy (non-hydrogen) atoms. The highest BCUT2D eigenvalue weighted by Crippen LogP contribution is 2.24. The molecule has 0 atom stereocenters. The molecule has 0 radical (unpaired) electrons. The summed E-state index contributed by atoms with van der Waals surface area (Å²) in [4.78, 5) is 18.7. The van der Waals surface area contributed by atoms with Gasteiger partial charge >= 0.3 is 0 Å². The van der Waals surface area contributed by atoms with E-state index in [2.05, 4.69) is 9.97 Å². The van der Waals surface area contributed by atoms with Crippen molar-refractivity contribution in [2.45, 2.75) is 12.2 Å². The van der Waals surface area contributed by atoms with Crippen LogP contribution in [0.1, 0.15) is 21.7 Å². The van der Waals surface area contributed by atoms with E-state index >= 15 is 0 Å². The van der Waals surface area contributed by atoms with E-state index in [1.54, 1.807) is 11.8 Å². The molecule has 0 aromatic carbocycles. The number of hydrogen-bond acceptors (Lipinski definition) is 5. The molecule has 0 unspecified atom stereocenters. The van der Waals surface area contributed by atoms with E-state index in [0.29, 0.717) is 5.69 Å². The summed E-state index contributed by atoms with van der Waals surface area (Å²) in [6, 6.07) is 0. The monoisotopic (exact) mass is 195 g/mol. The number of aldehydes is 1. The number of nitrogen functional groups attached to an aromatic ring is 1. The highest BCUT2D eigenvalue weighted by atomic mass is 32.2. The summed E-state index contributed by atoms with van der Waals surface area (Å²) in [6.07, 6.45) is 1.64. The van der Waals surface area contributed by atoms with Gasteiger partial charge in [0.25, 0.3) is 0 Å². The number of nitrogens with two attached hydrogens (primary N) is 1. The molecule has 2 heterocycles. The lowest BCUT2D eigenvalue weighted by atomic mass is 10.1. The van der Waals surface area contributed by atoms with Crippen LogP contribution in [0.3, 0.4) is 0 Å². The van der Waals surface area contributed by atoms with Crippen molar-refractivity contribution in [1.29, 1.82) is 0 Å². The molecular weight excluding hydrogens is 186 g/mol. The average molecular weight is 195 g/mol. The van der Waals surface area contributed by atoms with Crippen molar-refractivity contribution in [2.75, 3.05) is 11.5 Å². The van der Waals surface area contributed by atoms with Crippen LogP contribution in [-0.2, 0) is 12.2 Å². The zero-order chi connectivity index (χ0) is 9.26. The zero-order valence-corrected chi connectivity index (χ0v) is 7.80. The highest BCUT2D eigenvalue weighted by molar-refractivity contribution is 7.98. The van der Waals surface area contributed by atoms with Crippen LogP contribution in [0.25, 0.3) is 0 Å². The van der Waals surface area contributed by atoms with Gasteiger partial charge in [0.15, 0.2) is 6.29 Å². The summed E-state index contributed by atoms with van der Waals surface area (Å²) >= 11 is 1.79. The predicted molar refractivity (Wildman–Crippen MR) is 51.7 cm³/mol. The van der Waals surface area contributed by atoms with Gasteiger partial charge in [-0.25, -0.2) is 9.97 Å². The van der Waals surface area contributed by atoms with Gasteiger partial charge in [-0.05, 0) is 12.2 Å². The molecule has 0 amide bonds. The van der Waals surface area contributed by atoms with Gasteiger partial charge in [-0.3, -0.25) is 4.79 Å². The molecule has 0 aliphatic carbocycles. The maximum atomic E-state index is 10.7. The summed E-state index contributed by atoms with van der Waals surface area (Å²) in [6.45, 7) is 0. The van der Waals surface area contributed by atoms with Gasteiger partial charge in [0.1, 0.15) is 5.69 Å². The predicted octanol–water partition coefficient (Wildman–Crippen LogP) is 0.661. The second-order valence-corrected chi connectivity index (χ2v) is 3.92. The Kier molecular flexibility index (Phi) is 2.18. The van der Waals surface area contributed by atoms with Gasteiger partial charge in [-0.2, -0.15) is 11.8 Å². The average Bonchev–Trinajstić information content (AvgIpc) is 2.16.